The van der Waals surface area contributed by atoms with Gasteiger partial charge in [-0.15, -0.1) is 11.3 Å². The van der Waals surface area contributed by atoms with Gasteiger partial charge in [-0.05, 0) is 37.3 Å². The van der Waals surface area contributed by atoms with Gasteiger partial charge < -0.3 is 24.8 Å². The van der Waals surface area contributed by atoms with E-state index in [1.807, 2.05) is 0 Å². The van der Waals surface area contributed by atoms with E-state index >= 15 is 0 Å². The molecule has 1 unspecified atom stereocenters. The minimum Gasteiger partial charge on any atom is -0.454 e. The van der Waals surface area contributed by atoms with Crippen LogP contribution in [0.2, 0.25) is 0 Å². The lowest BCUT2D eigenvalue weighted by atomic mass is 10.2. The van der Waals surface area contributed by atoms with E-state index in [4.69, 9.17) is 14.2 Å². The highest BCUT2D eigenvalue weighted by atomic mass is 32.1. The molecular formula is C20H20N2O7S. The van der Waals surface area contributed by atoms with Crippen molar-refractivity contribution in [1.82, 2.24) is 10.6 Å². The Hall–Kier alpha value is -3.40. The van der Waals surface area contributed by atoms with Crippen molar-refractivity contribution in [3.05, 3.63) is 45.6 Å². The third kappa shape index (κ3) is 5.35. The lowest BCUT2D eigenvalue weighted by molar-refractivity contribution is -0.145. The van der Waals surface area contributed by atoms with Crippen LogP contribution in [0.25, 0.3) is 0 Å². The highest BCUT2D eigenvalue weighted by Crippen LogP contribution is 2.32. The van der Waals surface area contributed by atoms with E-state index in [9.17, 15) is 19.2 Å². The summed E-state index contributed by atoms with van der Waals surface area (Å²) in [5, 5.41) is 5.10. The van der Waals surface area contributed by atoms with Gasteiger partial charge in [0.25, 0.3) is 5.91 Å². The number of Topliss-reactive ketones (excluding diaryl/α,β-unsaturated/α-hetero) is 1. The van der Waals surface area contributed by atoms with Crippen molar-refractivity contribution in [2.45, 2.75) is 26.5 Å². The molecule has 0 saturated heterocycles. The van der Waals surface area contributed by atoms with Crippen molar-refractivity contribution in [3.63, 3.8) is 0 Å². The number of fused-ring (bicyclic) bond motifs is 1. The quantitative estimate of drug-likeness (QED) is 0.481. The van der Waals surface area contributed by atoms with Gasteiger partial charge in [0, 0.05) is 17.4 Å². The molecule has 2 aromatic rings. The number of amides is 2. The van der Waals surface area contributed by atoms with Crippen molar-refractivity contribution in [3.8, 4) is 11.5 Å². The highest BCUT2D eigenvalue weighted by Gasteiger charge is 2.22. The second-order valence-electron chi connectivity index (χ2n) is 6.42. The largest absolute Gasteiger partial charge is 0.454 e. The predicted molar refractivity (Wildman–Crippen MR) is 107 cm³/mol. The molecule has 2 N–H and O–H groups in total. The third-order valence-electron chi connectivity index (χ3n) is 4.12. The summed E-state index contributed by atoms with van der Waals surface area (Å²) in [6.07, 6.45) is -1.01. The second kappa shape index (κ2) is 9.40. The smallest absolute Gasteiger partial charge is 0.326 e. The lowest BCUT2D eigenvalue weighted by Crippen LogP contribution is -2.33. The average Bonchev–Trinajstić information content (AvgIpc) is 3.38. The molecule has 2 amide bonds. The summed E-state index contributed by atoms with van der Waals surface area (Å²) in [5.41, 5.74) is 0.307. The predicted octanol–water partition coefficient (Wildman–Crippen LogP) is 1.66. The molecule has 0 saturated carbocycles. The summed E-state index contributed by atoms with van der Waals surface area (Å²) in [6.45, 7) is 2.91. The molecule has 9 nitrogen and oxygen atoms in total. The number of esters is 1. The van der Waals surface area contributed by atoms with Crippen LogP contribution < -0.4 is 20.1 Å². The Morgan fingerprint density at radius 3 is 2.63 bits per heavy atom. The maximum Gasteiger partial charge on any atom is 0.326 e. The zero-order valence-electron chi connectivity index (χ0n) is 16.4. The molecule has 1 aliphatic heterocycles. The molecule has 158 valence electrons. The van der Waals surface area contributed by atoms with Gasteiger partial charge in [0.2, 0.25) is 18.5 Å². The van der Waals surface area contributed by atoms with E-state index in [0.717, 1.165) is 4.88 Å². The molecule has 30 heavy (non-hydrogen) atoms. The number of benzene rings is 1. The van der Waals surface area contributed by atoms with Crippen LogP contribution in [0.5, 0.6) is 11.5 Å². The maximum atomic E-state index is 12.4. The number of nitrogens with one attached hydrogen (secondary N) is 2. The molecule has 1 aromatic heterocycles. The fourth-order valence-electron chi connectivity index (χ4n) is 2.60. The summed E-state index contributed by atoms with van der Waals surface area (Å²) >= 11 is 1.22. The van der Waals surface area contributed by atoms with Gasteiger partial charge in [0.1, 0.15) is 6.54 Å². The molecule has 3 rings (SSSR count). The van der Waals surface area contributed by atoms with Crippen molar-refractivity contribution >= 4 is 34.9 Å². The molecule has 10 heteroatoms. The summed E-state index contributed by atoms with van der Waals surface area (Å²) < 4.78 is 15.5. The van der Waals surface area contributed by atoms with Gasteiger partial charge in [0.05, 0.1) is 11.4 Å². The minimum atomic E-state index is -1.01. The first-order valence-corrected chi connectivity index (χ1v) is 9.90. The fraction of sp³-hybridized carbons (Fsp3) is 0.300. The summed E-state index contributed by atoms with van der Waals surface area (Å²) in [6, 6.07) is 8.03. The van der Waals surface area contributed by atoms with Gasteiger partial charge in [-0.3, -0.25) is 19.2 Å². The Morgan fingerprint density at radius 1 is 1.10 bits per heavy atom. The molecule has 0 spiro atoms. The van der Waals surface area contributed by atoms with E-state index in [0.29, 0.717) is 28.5 Å². The molecule has 0 fully saturated rings. The number of ether oxygens (including phenoxy) is 3. The van der Waals surface area contributed by atoms with Gasteiger partial charge in [-0.2, -0.15) is 0 Å². The Labute approximate surface area is 176 Å². The highest BCUT2D eigenvalue weighted by molar-refractivity contribution is 7.14. The van der Waals surface area contributed by atoms with Gasteiger partial charge in [-0.25, -0.2) is 0 Å². The number of ketones is 1. The molecule has 2 heterocycles. The normalized spacial score (nSPS) is 12.7. The molecule has 1 atom stereocenters. The molecule has 1 aliphatic rings. The Bertz CT molecular complexity index is 985. The third-order valence-corrected chi connectivity index (χ3v) is 5.22. The van der Waals surface area contributed by atoms with Crippen LogP contribution >= 0.6 is 11.3 Å². The van der Waals surface area contributed by atoms with E-state index in [2.05, 4.69) is 10.6 Å². The van der Waals surface area contributed by atoms with Crippen molar-refractivity contribution in [1.29, 1.82) is 0 Å². The topological polar surface area (TPSA) is 120 Å². The van der Waals surface area contributed by atoms with E-state index < -0.39 is 18.0 Å². The first-order chi connectivity index (χ1) is 14.3. The zero-order valence-corrected chi connectivity index (χ0v) is 17.2. The molecule has 0 aliphatic carbocycles. The van der Waals surface area contributed by atoms with Crippen LogP contribution in [-0.4, -0.2) is 43.0 Å². The summed E-state index contributed by atoms with van der Waals surface area (Å²) in [4.78, 5) is 48.8. The monoisotopic (exact) mass is 432 g/mol. The van der Waals surface area contributed by atoms with E-state index in [-0.39, 0.29) is 25.0 Å². The fourth-order valence-corrected chi connectivity index (χ4v) is 3.57. The molecule has 0 bridgehead atoms. The van der Waals surface area contributed by atoms with Crippen molar-refractivity contribution in [2.24, 2.45) is 0 Å². The number of carbonyl (C=O) groups excluding carboxylic acids is 4. The Morgan fingerprint density at radius 2 is 1.87 bits per heavy atom. The van der Waals surface area contributed by atoms with Crippen LogP contribution in [-0.2, 0) is 20.9 Å². The Balaban J connectivity index is 1.47. The van der Waals surface area contributed by atoms with Crippen LogP contribution in [0.4, 0.5) is 0 Å². The SMILES string of the molecule is CC(=O)NCc1ccc(C(=O)C(C)OC(=O)CNC(=O)c2ccc3c(c2)OCO3)s1. The molecule has 1 aromatic carbocycles. The number of thiophene rings is 1. The first-order valence-electron chi connectivity index (χ1n) is 9.08. The number of carbonyl (C=O) groups is 4. The average molecular weight is 432 g/mol. The van der Waals surface area contributed by atoms with Crippen molar-refractivity contribution < 1.29 is 33.4 Å². The molecule has 0 radical (unpaired) electrons. The second-order valence-corrected chi connectivity index (χ2v) is 7.59. The van der Waals surface area contributed by atoms with Gasteiger partial charge in [-0.1, -0.05) is 0 Å². The van der Waals surface area contributed by atoms with Crippen LogP contribution in [0.15, 0.2) is 30.3 Å². The van der Waals surface area contributed by atoms with E-state index in [1.54, 1.807) is 24.3 Å². The van der Waals surface area contributed by atoms with E-state index in [1.165, 1.54) is 31.3 Å². The van der Waals surface area contributed by atoms with Gasteiger partial charge >= 0.3 is 5.97 Å². The minimum absolute atomic E-state index is 0.0949. The number of hydrogen-bond donors (Lipinski definition) is 2. The maximum absolute atomic E-state index is 12.4. The standard InChI is InChI=1S/C20H20N2O7S/c1-11(19(25)17-6-4-14(30-17)8-21-12(2)23)29-18(24)9-22-20(26)13-3-5-15-16(7-13)28-10-27-15/h3-7,11H,8-10H2,1-2H3,(H,21,23)(H,22,26). The zero-order chi connectivity index (χ0) is 21.7. The van der Waals surface area contributed by atoms with Crippen LogP contribution in [0.3, 0.4) is 0 Å². The van der Waals surface area contributed by atoms with Crippen LogP contribution in [0.1, 0.15) is 38.8 Å². The number of hydrogen-bond acceptors (Lipinski definition) is 8. The lowest BCUT2D eigenvalue weighted by Gasteiger charge is -2.12. The van der Waals surface area contributed by atoms with Gasteiger partial charge in [0.15, 0.2) is 17.6 Å². The number of rotatable bonds is 8. The summed E-state index contributed by atoms with van der Waals surface area (Å²) in [5.74, 6) is -0.735. The first kappa shape index (κ1) is 21.3. The summed E-state index contributed by atoms with van der Waals surface area (Å²) in [7, 11) is 0. The Kier molecular flexibility index (Phi) is 6.68. The molecular weight excluding hydrogens is 412 g/mol. The van der Waals surface area contributed by atoms with Crippen molar-refractivity contribution in [2.75, 3.05) is 13.3 Å². The van der Waals surface area contributed by atoms with Crippen LogP contribution in [0, 0.1) is 0 Å².